The van der Waals surface area contributed by atoms with Gasteiger partial charge in [-0.3, -0.25) is 0 Å². The van der Waals surface area contributed by atoms with Gasteiger partial charge in [0, 0.05) is 0 Å². The minimum Gasteiger partial charge on any atom is -0.493 e. The van der Waals surface area contributed by atoms with E-state index in [2.05, 4.69) is 4.98 Å². The topological polar surface area (TPSA) is 75.4 Å². The zero-order chi connectivity index (χ0) is 13.7. The molecule has 0 aliphatic rings. The van der Waals surface area contributed by atoms with Crippen LogP contribution in [0.2, 0.25) is 0 Å². The van der Waals surface area contributed by atoms with Crippen LogP contribution < -0.4 is 9.47 Å². The highest BCUT2D eigenvalue weighted by atomic mass is 16.5. The third-order valence-electron chi connectivity index (χ3n) is 2.49. The summed E-state index contributed by atoms with van der Waals surface area (Å²) < 4.78 is 10.8. The van der Waals surface area contributed by atoms with Gasteiger partial charge in [-0.15, -0.1) is 0 Å². The molecule has 0 aliphatic heterocycles. The van der Waals surface area contributed by atoms with Crippen LogP contribution in [0.5, 0.6) is 17.2 Å². The first-order valence-electron chi connectivity index (χ1n) is 5.58. The summed E-state index contributed by atoms with van der Waals surface area (Å²) in [5.41, 5.74) is 1.07. The number of nitriles is 1. The number of hydrogen-bond donors (Lipinski definition) is 1. The minimum atomic E-state index is -0.0605. The van der Waals surface area contributed by atoms with Crippen LogP contribution in [0.25, 0.3) is 0 Å². The molecular weight excluding hydrogens is 244 g/mol. The molecule has 1 aromatic carbocycles. The molecule has 2 aromatic rings. The second-order valence-electron chi connectivity index (χ2n) is 3.74. The van der Waals surface area contributed by atoms with Gasteiger partial charge in [0.1, 0.15) is 17.5 Å². The minimum absolute atomic E-state index is 0.0605. The van der Waals surface area contributed by atoms with E-state index in [1.165, 1.54) is 13.3 Å². The van der Waals surface area contributed by atoms with Crippen LogP contribution in [0, 0.1) is 11.3 Å². The molecule has 0 radical (unpaired) electrons. The van der Waals surface area contributed by atoms with Crippen LogP contribution in [0.3, 0.4) is 0 Å². The Balaban J connectivity index is 2.24. The fourth-order valence-electron chi connectivity index (χ4n) is 1.53. The van der Waals surface area contributed by atoms with Crippen molar-refractivity contribution in [2.24, 2.45) is 0 Å². The van der Waals surface area contributed by atoms with E-state index in [4.69, 9.17) is 19.8 Å². The molecule has 0 amide bonds. The molecule has 2 rings (SSSR count). The number of benzene rings is 1. The molecule has 0 atom stereocenters. The highest BCUT2D eigenvalue weighted by molar-refractivity contribution is 5.45. The first-order valence-corrected chi connectivity index (χ1v) is 5.58. The molecule has 1 heterocycles. The molecule has 5 heteroatoms. The van der Waals surface area contributed by atoms with E-state index >= 15 is 0 Å². The molecule has 0 saturated carbocycles. The Kier molecular flexibility index (Phi) is 3.96. The van der Waals surface area contributed by atoms with Crippen molar-refractivity contribution in [3.8, 4) is 23.3 Å². The van der Waals surface area contributed by atoms with E-state index in [-0.39, 0.29) is 6.61 Å². The average molecular weight is 256 g/mol. The molecule has 1 N–H and O–H groups in total. The van der Waals surface area contributed by atoms with Crippen molar-refractivity contribution in [1.29, 1.82) is 5.26 Å². The maximum Gasteiger partial charge on any atom is 0.169 e. The van der Waals surface area contributed by atoms with Gasteiger partial charge < -0.3 is 14.6 Å². The third-order valence-corrected chi connectivity index (χ3v) is 2.49. The van der Waals surface area contributed by atoms with Crippen molar-refractivity contribution >= 4 is 0 Å². The summed E-state index contributed by atoms with van der Waals surface area (Å²) in [7, 11) is 1.53. The van der Waals surface area contributed by atoms with Gasteiger partial charge in [-0.05, 0) is 29.8 Å². The summed E-state index contributed by atoms with van der Waals surface area (Å²) in [6, 6.07) is 10.3. The Bertz CT molecular complexity index is 603. The molecule has 19 heavy (non-hydrogen) atoms. The number of aliphatic hydroxyl groups is 1. The van der Waals surface area contributed by atoms with E-state index in [9.17, 15) is 0 Å². The predicted octanol–water partition coefficient (Wildman–Crippen LogP) is 2.25. The average Bonchev–Trinajstić information content (AvgIpc) is 2.48. The zero-order valence-electron chi connectivity index (χ0n) is 10.3. The summed E-state index contributed by atoms with van der Waals surface area (Å²) in [6.45, 7) is -0.0605. The summed E-state index contributed by atoms with van der Waals surface area (Å²) >= 11 is 0. The second-order valence-corrected chi connectivity index (χ2v) is 3.74. The van der Waals surface area contributed by atoms with Crippen molar-refractivity contribution in [1.82, 2.24) is 4.98 Å². The fourth-order valence-corrected chi connectivity index (χ4v) is 1.53. The summed E-state index contributed by atoms with van der Waals surface area (Å²) in [5.74, 6) is 1.55. The van der Waals surface area contributed by atoms with Crippen molar-refractivity contribution in [2.75, 3.05) is 7.11 Å². The van der Waals surface area contributed by atoms with Crippen LogP contribution in [0.1, 0.15) is 11.3 Å². The Labute approximate surface area is 110 Å². The second kappa shape index (κ2) is 5.85. The van der Waals surface area contributed by atoms with Gasteiger partial charge in [-0.25, -0.2) is 4.98 Å². The van der Waals surface area contributed by atoms with E-state index in [1.807, 2.05) is 6.07 Å². The monoisotopic (exact) mass is 256 g/mol. The van der Waals surface area contributed by atoms with E-state index < -0.39 is 0 Å². The molecule has 0 unspecified atom stereocenters. The lowest BCUT2D eigenvalue weighted by molar-refractivity contribution is 0.280. The van der Waals surface area contributed by atoms with Gasteiger partial charge in [0.2, 0.25) is 0 Å². The molecule has 0 spiro atoms. The van der Waals surface area contributed by atoms with Crippen molar-refractivity contribution in [2.45, 2.75) is 6.61 Å². The van der Waals surface area contributed by atoms with Crippen molar-refractivity contribution < 1.29 is 14.6 Å². The smallest absolute Gasteiger partial charge is 0.169 e. The number of methoxy groups -OCH3 is 1. The summed E-state index contributed by atoms with van der Waals surface area (Å²) in [6.07, 6.45) is 1.47. The number of hydrogen-bond acceptors (Lipinski definition) is 5. The Morgan fingerprint density at radius 1 is 1.26 bits per heavy atom. The quantitative estimate of drug-likeness (QED) is 0.907. The molecule has 0 saturated heterocycles. The Morgan fingerprint density at radius 3 is 2.68 bits per heavy atom. The highest BCUT2D eigenvalue weighted by Crippen LogP contribution is 2.32. The van der Waals surface area contributed by atoms with Crippen LogP contribution >= 0.6 is 0 Å². The molecule has 5 nitrogen and oxygen atoms in total. The van der Waals surface area contributed by atoms with Gasteiger partial charge in [-0.1, -0.05) is 6.07 Å². The summed E-state index contributed by atoms with van der Waals surface area (Å²) in [4.78, 5) is 3.92. The standard InChI is InChI=1S/C14H12N2O3/c1-18-14-6-10(9-17)2-5-13(14)19-12-4-3-11(7-15)16-8-12/h2-6,8,17H,9H2,1H3. The predicted molar refractivity (Wildman–Crippen MR) is 67.9 cm³/mol. The molecule has 1 aromatic heterocycles. The molecule has 0 aliphatic carbocycles. The number of nitrogens with zero attached hydrogens (tertiary/aromatic N) is 2. The zero-order valence-corrected chi connectivity index (χ0v) is 10.3. The number of rotatable bonds is 4. The van der Waals surface area contributed by atoms with Gasteiger partial charge in [0.15, 0.2) is 11.5 Å². The highest BCUT2D eigenvalue weighted by Gasteiger charge is 2.07. The van der Waals surface area contributed by atoms with Gasteiger partial charge >= 0.3 is 0 Å². The lowest BCUT2D eigenvalue weighted by Crippen LogP contribution is -1.93. The van der Waals surface area contributed by atoms with Crippen LogP contribution in [-0.2, 0) is 6.61 Å². The number of ether oxygens (including phenoxy) is 2. The van der Waals surface area contributed by atoms with E-state index in [1.54, 1.807) is 30.3 Å². The van der Waals surface area contributed by atoms with E-state index in [0.29, 0.717) is 22.9 Å². The number of aliphatic hydroxyl groups excluding tert-OH is 1. The Morgan fingerprint density at radius 2 is 2.11 bits per heavy atom. The number of aromatic nitrogens is 1. The SMILES string of the molecule is COc1cc(CO)ccc1Oc1ccc(C#N)nc1. The molecule has 0 fully saturated rings. The normalized spacial score (nSPS) is 9.74. The lowest BCUT2D eigenvalue weighted by Gasteiger charge is -2.11. The Hall–Kier alpha value is -2.58. The van der Waals surface area contributed by atoms with Crippen molar-refractivity contribution in [3.63, 3.8) is 0 Å². The maximum atomic E-state index is 9.06. The van der Waals surface area contributed by atoms with Crippen LogP contribution in [0.15, 0.2) is 36.5 Å². The van der Waals surface area contributed by atoms with E-state index in [0.717, 1.165) is 5.56 Å². The summed E-state index contributed by atoms with van der Waals surface area (Å²) in [5, 5.41) is 17.7. The molecule has 0 bridgehead atoms. The lowest BCUT2D eigenvalue weighted by atomic mass is 10.2. The maximum absolute atomic E-state index is 9.06. The van der Waals surface area contributed by atoms with Crippen LogP contribution in [0.4, 0.5) is 0 Å². The first-order chi connectivity index (χ1) is 9.26. The largest absolute Gasteiger partial charge is 0.493 e. The fraction of sp³-hybridized carbons (Fsp3) is 0.143. The first kappa shape index (κ1) is 12.9. The molecular formula is C14H12N2O3. The van der Waals surface area contributed by atoms with Gasteiger partial charge in [0.25, 0.3) is 0 Å². The van der Waals surface area contributed by atoms with Gasteiger partial charge in [0.05, 0.1) is 19.9 Å². The third kappa shape index (κ3) is 3.00. The van der Waals surface area contributed by atoms with Crippen molar-refractivity contribution in [3.05, 3.63) is 47.8 Å². The number of pyridine rings is 1. The van der Waals surface area contributed by atoms with Gasteiger partial charge in [-0.2, -0.15) is 5.26 Å². The van der Waals surface area contributed by atoms with Crippen LogP contribution in [-0.4, -0.2) is 17.2 Å². The molecule has 96 valence electrons.